The quantitative estimate of drug-likeness (QED) is 0.177. The van der Waals surface area contributed by atoms with Crippen molar-refractivity contribution in [2.24, 2.45) is 0 Å². The molecule has 4 heteroatoms. The standard InChI is InChI=1S/C53H33N3O/c1-3-17-34(18-4-1)43-31-36(32-44(54-43)35-19-5-2-6-20-35)51-49(55-45-26-12-7-21-37(45)38-22-8-13-27-46(38)55)33-42-41-25-11-16-30-50(41)57-53(42)52(51)56-47-28-14-9-23-39(47)40-24-10-15-29-48(40)56/h1-33H. The van der Waals surface area contributed by atoms with Crippen molar-refractivity contribution in [2.75, 3.05) is 0 Å². The fourth-order valence-electron chi connectivity index (χ4n) is 9.04. The first-order chi connectivity index (χ1) is 28.3. The van der Waals surface area contributed by atoms with Crippen molar-refractivity contribution >= 4 is 65.6 Å². The molecule has 12 rings (SSSR count). The average molecular weight is 728 g/mol. The summed E-state index contributed by atoms with van der Waals surface area (Å²) in [6.45, 7) is 0. The smallest absolute Gasteiger partial charge is 0.160 e. The lowest BCUT2D eigenvalue weighted by Gasteiger charge is -2.22. The molecule has 0 saturated heterocycles. The summed E-state index contributed by atoms with van der Waals surface area (Å²) in [6, 6.07) is 71.3. The van der Waals surface area contributed by atoms with Gasteiger partial charge in [0.1, 0.15) is 5.58 Å². The minimum Gasteiger partial charge on any atom is -0.454 e. The van der Waals surface area contributed by atoms with Gasteiger partial charge in [-0.05, 0) is 54.1 Å². The Morgan fingerprint density at radius 3 is 1.28 bits per heavy atom. The third-order valence-corrected chi connectivity index (χ3v) is 11.5. The van der Waals surface area contributed by atoms with Gasteiger partial charge in [0.15, 0.2) is 5.58 Å². The maximum atomic E-state index is 7.10. The first-order valence-corrected chi connectivity index (χ1v) is 19.4. The van der Waals surface area contributed by atoms with Gasteiger partial charge in [-0.1, -0.05) is 152 Å². The van der Waals surface area contributed by atoms with Crippen molar-refractivity contribution in [3.05, 3.63) is 200 Å². The predicted molar refractivity (Wildman–Crippen MR) is 237 cm³/mol. The topological polar surface area (TPSA) is 35.9 Å². The second-order valence-electron chi connectivity index (χ2n) is 14.7. The number of hydrogen-bond acceptors (Lipinski definition) is 2. The molecule has 0 aliphatic carbocycles. The average Bonchev–Trinajstić information content (AvgIpc) is 3.94. The first kappa shape index (κ1) is 31.6. The summed E-state index contributed by atoms with van der Waals surface area (Å²) in [5.41, 5.74) is 14.2. The molecule has 0 bridgehead atoms. The molecule has 0 amide bonds. The Hall–Kier alpha value is -7.69. The van der Waals surface area contributed by atoms with Gasteiger partial charge in [0, 0.05) is 49.0 Å². The highest BCUT2D eigenvalue weighted by atomic mass is 16.3. The zero-order chi connectivity index (χ0) is 37.5. The summed E-state index contributed by atoms with van der Waals surface area (Å²) in [4.78, 5) is 5.34. The van der Waals surface area contributed by atoms with Gasteiger partial charge in [0.05, 0.1) is 44.8 Å². The first-order valence-electron chi connectivity index (χ1n) is 19.4. The highest BCUT2D eigenvalue weighted by molar-refractivity contribution is 6.17. The molecule has 0 N–H and O–H groups in total. The largest absolute Gasteiger partial charge is 0.454 e. The molecule has 0 saturated carbocycles. The van der Waals surface area contributed by atoms with Gasteiger partial charge in [-0.25, -0.2) is 4.98 Å². The number of pyridine rings is 1. The molecular formula is C53H33N3O. The van der Waals surface area contributed by atoms with E-state index < -0.39 is 0 Å². The van der Waals surface area contributed by atoms with Gasteiger partial charge in [0.2, 0.25) is 0 Å². The Labute approximate surface area is 328 Å². The molecule has 0 radical (unpaired) electrons. The molecule has 0 fully saturated rings. The number of fused-ring (bicyclic) bond motifs is 9. The second-order valence-corrected chi connectivity index (χ2v) is 14.7. The Morgan fingerprint density at radius 2 is 0.772 bits per heavy atom. The molecule has 4 heterocycles. The van der Waals surface area contributed by atoms with E-state index in [2.05, 4.69) is 209 Å². The van der Waals surface area contributed by atoms with Gasteiger partial charge in [0.25, 0.3) is 0 Å². The number of furan rings is 1. The van der Waals surface area contributed by atoms with Gasteiger partial charge in [-0.2, -0.15) is 0 Å². The van der Waals surface area contributed by atoms with E-state index in [1.54, 1.807) is 0 Å². The summed E-state index contributed by atoms with van der Waals surface area (Å²) < 4.78 is 12.0. The van der Waals surface area contributed by atoms with E-state index in [9.17, 15) is 0 Å². The molecule has 57 heavy (non-hydrogen) atoms. The third kappa shape index (κ3) is 4.77. The van der Waals surface area contributed by atoms with Crippen LogP contribution in [-0.4, -0.2) is 14.1 Å². The van der Waals surface area contributed by atoms with Gasteiger partial charge < -0.3 is 13.6 Å². The van der Waals surface area contributed by atoms with Crippen molar-refractivity contribution in [2.45, 2.75) is 0 Å². The molecule has 12 aromatic rings. The zero-order valence-corrected chi connectivity index (χ0v) is 30.8. The fraction of sp³-hybridized carbons (Fsp3) is 0. The van der Waals surface area contributed by atoms with Crippen molar-refractivity contribution in [3.8, 4) is 45.0 Å². The van der Waals surface area contributed by atoms with Crippen molar-refractivity contribution in [3.63, 3.8) is 0 Å². The Bertz CT molecular complexity index is 3350. The lowest BCUT2D eigenvalue weighted by molar-refractivity contribution is 0.666. The lowest BCUT2D eigenvalue weighted by atomic mass is 9.95. The highest BCUT2D eigenvalue weighted by Gasteiger charge is 2.28. The summed E-state index contributed by atoms with van der Waals surface area (Å²) in [6.07, 6.45) is 0. The van der Waals surface area contributed by atoms with E-state index in [0.29, 0.717) is 0 Å². The minimum absolute atomic E-state index is 0.835. The van der Waals surface area contributed by atoms with Crippen molar-refractivity contribution in [1.29, 1.82) is 0 Å². The molecule has 8 aromatic carbocycles. The maximum absolute atomic E-state index is 7.10. The molecule has 0 aliphatic heterocycles. The molecule has 0 atom stereocenters. The SMILES string of the molecule is c1ccc(-c2cc(-c3c(-n4c5ccccc5c5ccccc54)cc4c(oc5ccccc54)c3-n3c4ccccc4c4ccccc43)cc(-c3ccccc3)n2)cc1. The van der Waals surface area contributed by atoms with Crippen LogP contribution in [0.2, 0.25) is 0 Å². The second kappa shape index (κ2) is 12.4. The van der Waals surface area contributed by atoms with Crippen LogP contribution >= 0.6 is 0 Å². The van der Waals surface area contributed by atoms with Crippen LogP contribution < -0.4 is 0 Å². The van der Waals surface area contributed by atoms with E-state index in [4.69, 9.17) is 9.40 Å². The van der Waals surface area contributed by atoms with Crippen LogP contribution in [0.4, 0.5) is 0 Å². The Balaban J connectivity index is 1.35. The molecular weight excluding hydrogens is 695 g/mol. The Kier molecular flexibility index (Phi) is 6.89. The number of rotatable bonds is 5. The number of nitrogens with zero attached hydrogens (tertiary/aromatic N) is 3. The zero-order valence-electron chi connectivity index (χ0n) is 30.8. The van der Waals surface area contributed by atoms with Crippen LogP contribution in [0, 0.1) is 0 Å². The highest BCUT2D eigenvalue weighted by Crippen LogP contribution is 2.48. The lowest BCUT2D eigenvalue weighted by Crippen LogP contribution is -2.05. The van der Waals surface area contributed by atoms with Crippen LogP contribution in [0.15, 0.2) is 205 Å². The molecule has 0 unspecified atom stereocenters. The minimum atomic E-state index is 0.835. The van der Waals surface area contributed by atoms with E-state index in [1.807, 2.05) is 0 Å². The number of benzene rings is 8. The molecule has 266 valence electrons. The molecule has 0 spiro atoms. The maximum Gasteiger partial charge on any atom is 0.160 e. The summed E-state index contributed by atoms with van der Waals surface area (Å²) >= 11 is 0. The molecule has 4 nitrogen and oxygen atoms in total. The van der Waals surface area contributed by atoms with E-state index in [1.165, 1.54) is 21.5 Å². The van der Waals surface area contributed by atoms with Crippen molar-refractivity contribution in [1.82, 2.24) is 14.1 Å². The van der Waals surface area contributed by atoms with Crippen LogP contribution in [0.25, 0.3) is 111 Å². The van der Waals surface area contributed by atoms with Crippen LogP contribution in [0.5, 0.6) is 0 Å². The Morgan fingerprint density at radius 1 is 0.351 bits per heavy atom. The number of para-hydroxylation sites is 5. The normalized spacial score (nSPS) is 11.9. The summed E-state index contributed by atoms with van der Waals surface area (Å²) in [5.74, 6) is 0. The van der Waals surface area contributed by atoms with Crippen LogP contribution in [-0.2, 0) is 0 Å². The van der Waals surface area contributed by atoms with Crippen molar-refractivity contribution < 1.29 is 4.42 Å². The predicted octanol–water partition coefficient (Wildman–Crippen LogP) is 14.2. The van der Waals surface area contributed by atoms with E-state index in [-0.39, 0.29) is 0 Å². The van der Waals surface area contributed by atoms with Gasteiger partial charge in [-0.15, -0.1) is 0 Å². The third-order valence-electron chi connectivity index (χ3n) is 11.5. The van der Waals surface area contributed by atoms with E-state index >= 15 is 0 Å². The molecule has 0 aliphatic rings. The fourth-order valence-corrected chi connectivity index (χ4v) is 9.04. The van der Waals surface area contributed by atoms with Gasteiger partial charge >= 0.3 is 0 Å². The van der Waals surface area contributed by atoms with Crippen LogP contribution in [0.3, 0.4) is 0 Å². The monoisotopic (exact) mass is 727 g/mol. The van der Waals surface area contributed by atoms with E-state index in [0.717, 1.165) is 89.0 Å². The summed E-state index contributed by atoms with van der Waals surface area (Å²) in [7, 11) is 0. The summed E-state index contributed by atoms with van der Waals surface area (Å²) in [5, 5.41) is 6.93. The number of hydrogen-bond donors (Lipinski definition) is 0. The van der Waals surface area contributed by atoms with Gasteiger partial charge in [-0.3, -0.25) is 0 Å². The van der Waals surface area contributed by atoms with Crippen LogP contribution in [0.1, 0.15) is 0 Å². The number of aromatic nitrogens is 3. The molecule has 4 aromatic heterocycles.